The summed E-state index contributed by atoms with van der Waals surface area (Å²) in [6.45, 7) is 1.70. The summed E-state index contributed by atoms with van der Waals surface area (Å²) in [6.07, 6.45) is 4.14. The molecule has 0 saturated heterocycles. The van der Waals surface area contributed by atoms with Crippen molar-refractivity contribution in [3.8, 4) is 0 Å². The minimum absolute atomic E-state index is 0.0469. The van der Waals surface area contributed by atoms with Crippen molar-refractivity contribution >= 4 is 27.5 Å². The summed E-state index contributed by atoms with van der Waals surface area (Å²) in [4.78, 5) is 24.5. The summed E-state index contributed by atoms with van der Waals surface area (Å²) >= 11 is 0. The molecule has 0 atom stereocenters. The van der Waals surface area contributed by atoms with Gasteiger partial charge in [0, 0.05) is 5.56 Å². The minimum Gasteiger partial charge on any atom is -0.454 e. The highest BCUT2D eigenvalue weighted by molar-refractivity contribution is 7.92. The Labute approximate surface area is 159 Å². The van der Waals surface area contributed by atoms with E-state index < -0.39 is 22.6 Å². The van der Waals surface area contributed by atoms with Crippen LogP contribution < -0.4 is 4.72 Å². The van der Waals surface area contributed by atoms with Gasteiger partial charge in [-0.3, -0.25) is 9.52 Å². The number of benzene rings is 2. The van der Waals surface area contributed by atoms with Gasteiger partial charge < -0.3 is 4.74 Å². The number of para-hydroxylation sites is 1. The van der Waals surface area contributed by atoms with E-state index >= 15 is 0 Å². The monoisotopic (exact) mass is 389 g/mol. The summed E-state index contributed by atoms with van der Waals surface area (Å²) < 4.78 is 30.1. The van der Waals surface area contributed by atoms with Gasteiger partial charge in [-0.05, 0) is 30.5 Å². The van der Waals surface area contributed by atoms with Crippen molar-refractivity contribution in [1.82, 2.24) is 0 Å². The maximum atomic E-state index is 12.3. The number of sulfonamides is 1. The lowest BCUT2D eigenvalue weighted by molar-refractivity contribution is 0.0476. The Bertz CT molecular complexity index is 904. The van der Waals surface area contributed by atoms with Gasteiger partial charge in [-0.1, -0.05) is 49.7 Å². The van der Waals surface area contributed by atoms with Crippen molar-refractivity contribution in [2.45, 2.75) is 26.2 Å². The van der Waals surface area contributed by atoms with Crippen LogP contribution in [0.5, 0.6) is 0 Å². The third-order valence-corrected chi connectivity index (χ3v) is 4.46. The molecule has 0 unspecified atom stereocenters. The van der Waals surface area contributed by atoms with Crippen molar-refractivity contribution in [3.05, 3.63) is 65.2 Å². The number of Topliss-reactive ketones (excluding diaryl/α,β-unsaturated/α-hetero) is 1. The van der Waals surface area contributed by atoms with Crippen molar-refractivity contribution in [1.29, 1.82) is 0 Å². The summed E-state index contributed by atoms with van der Waals surface area (Å²) in [5.74, 6) is -1.09. The molecule has 144 valence electrons. The van der Waals surface area contributed by atoms with E-state index in [1.807, 2.05) is 12.1 Å². The van der Waals surface area contributed by atoms with Gasteiger partial charge in [-0.2, -0.15) is 0 Å². The molecule has 0 bridgehead atoms. The molecule has 0 aliphatic rings. The van der Waals surface area contributed by atoms with Crippen molar-refractivity contribution in [2.24, 2.45) is 0 Å². The number of nitrogens with one attached hydrogen (secondary N) is 1. The van der Waals surface area contributed by atoms with Crippen LogP contribution in [0.3, 0.4) is 0 Å². The molecule has 6 nitrogen and oxygen atoms in total. The number of unbranched alkanes of at least 4 members (excludes halogenated alkanes) is 1. The van der Waals surface area contributed by atoms with Gasteiger partial charge in [0.25, 0.3) is 0 Å². The molecule has 2 rings (SSSR count). The number of hydrogen-bond acceptors (Lipinski definition) is 5. The van der Waals surface area contributed by atoms with Crippen LogP contribution in [-0.4, -0.2) is 33.0 Å². The van der Waals surface area contributed by atoms with Crippen LogP contribution in [-0.2, 0) is 21.2 Å². The van der Waals surface area contributed by atoms with Crippen molar-refractivity contribution < 1.29 is 22.7 Å². The molecular weight excluding hydrogens is 366 g/mol. The van der Waals surface area contributed by atoms with Gasteiger partial charge in [-0.15, -0.1) is 0 Å². The molecular formula is C20H23NO5S. The SMILES string of the molecule is CCCCc1ccc(C(=O)COC(=O)c2ccccc2NS(C)(=O)=O)cc1. The number of rotatable bonds is 9. The highest BCUT2D eigenvalue weighted by Crippen LogP contribution is 2.17. The van der Waals surface area contributed by atoms with E-state index in [0.717, 1.165) is 31.1 Å². The van der Waals surface area contributed by atoms with Crippen LogP contribution in [0.4, 0.5) is 5.69 Å². The zero-order valence-corrected chi connectivity index (χ0v) is 16.2. The van der Waals surface area contributed by atoms with Gasteiger partial charge in [0.1, 0.15) is 0 Å². The van der Waals surface area contributed by atoms with Gasteiger partial charge in [0.2, 0.25) is 10.0 Å². The Morgan fingerprint density at radius 2 is 1.70 bits per heavy atom. The summed E-state index contributed by atoms with van der Waals surface area (Å²) in [7, 11) is -3.54. The van der Waals surface area contributed by atoms with E-state index in [2.05, 4.69) is 11.6 Å². The highest BCUT2D eigenvalue weighted by Gasteiger charge is 2.17. The highest BCUT2D eigenvalue weighted by atomic mass is 32.2. The lowest BCUT2D eigenvalue weighted by Crippen LogP contribution is -2.17. The molecule has 0 fully saturated rings. The first kappa shape index (κ1) is 20.6. The summed E-state index contributed by atoms with van der Waals surface area (Å²) in [5, 5.41) is 0. The number of aryl methyl sites for hydroxylation is 1. The van der Waals surface area contributed by atoms with E-state index in [9.17, 15) is 18.0 Å². The van der Waals surface area contributed by atoms with Crippen molar-refractivity contribution in [3.63, 3.8) is 0 Å². The van der Waals surface area contributed by atoms with E-state index in [1.165, 1.54) is 12.1 Å². The third kappa shape index (κ3) is 6.53. The number of ketones is 1. The molecule has 7 heteroatoms. The van der Waals surface area contributed by atoms with Crippen LogP contribution in [0, 0.1) is 0 Å². The number of anilines is 1. The first-order valence-electron chi connectivity index (χ1n) is 8.66. The third-order valence-electron chi connectivity index (χ3n) is 3.87. The average Bonchev–Trinajstić information content (AvgIpc) is 2.63. The fourth-order valence-electron chi connectivity index (χ4n) is 2.48. The Hall–Kier alpha value is -2.67. The Balaban J connectivity index is 2.00. The standard InChI is InChI=1S/C20H23NO5S/c1-3-4-7-15-10-12-16(13-11-15)19(22)14-26-20(23)17-8-5-6-9-18(17)21-27(2,24)25/h5-6,8-13,21H,3-4,7,14H2,1-2H3. The van der Waals surface area contributed by atoms with Gasteiger partial charge in [-0.25, -0.2) is 13.2 Å². The molecule has 0 spiro atoms. The summed E-state index contributed by atoms with van der Waals surface area (Å²) in [5.41, 5.74) is 1.78. The molecule has 0 radical (unpaired) electrons. The normalized spacial score (nSPS) is 11.0. The largest absolute Gasteiger partial charge is 0.454 e. The summed E-state index contributed by atoms with van der Waals surface area (Å²) in [6, 6.07) is 13.3. The smallest absolute Gasteiger partial charge is 0.340 e. The molecule has 0 aliphatic heterocycles. The van der Waals surface area contributed by atoms with Crippen LogP contribution in [0.25, 0.3) is 0 Å². The van der Waals surface area contributed by atoms with Crippen molar-refractivity contribution in [2.75, 3.05) is 17.6 Å². The number of carbonyl (C=O) groups is 2. The maximum absolute atomic E-state index is 12.3. The second-order valence-electron chi connectivity index (χ2n) is 6.22. The topological polar surface area (TPSA) is 89.5 Å². The van der Waals surface area contributed by atoms with Gasteiger partial charge >= 0.3 is 5.97 Å². The number of esters is 1. The quantitative estimate of drug-likeness (QED) is 0.524. The Morgan fingerprint density at radius 1 is 1.04 bits per heavy atom. The fourth-order valence-corrected chi connectivity index (χ4v) is 3.06. The molecule has 0 saturated carbocycles. The van der Waals surface area contributed by atoms with E-state index in [4.69, 9.17) is 4.74 Å². The van der Waals surface area contributed by atoms with Crippen LogP contribution in [0.15, 0.2) is 48.5 Å². The van der Waals surface area contributed by atoms with E-state index in [-0.39, 0.29) is 17.0 Å². The first-order valence-corrected chi connectivity index (χ1v) is 10.6. The minimum atomic E-state index is -3.54. The van der Waals surface area contributed by atoms with Crippen LogP contribution in [0.2, 0.25) is 0 Å². The lowest BCUT2D eigenvalue weighted by Gasteiger charge is -2.10. The second-order valence-corrected chi connectivity index (χ2v) is 7.97. The zero-order chi connectivity index (χ0) is 19.9. The van der Waals surface area contributed by atoms with Gasteiger partial charge in [0.05, 0.1) is 17.5 Å². The molecule has 1 N–H and O–H groups in total. The van der Waals surface area contributed by atoms with Gasteiger partial charge in [0.15, 0.2) is 12.4 Å². The molecule has 0 aromatic heterocycles. The molecule has 0 amide bonds. The maximum Gasteiger partial charge on any atom is 0.340 e. The molecule has 0 heterocycles. The molecule has 0 aliphatic carbocycles. The number of hydrogen-bond donors (Lipinski definition) is 1. The lowest BCUT2D eigenvalue weighted by atomic mass is 10.0. The number of ether oxygens (including phenoxy) is 1. The predicted octanol–water partition coefficient (Wildman–Crippen LogP) is 3.44. The number of carbonyl (C=O) groups excluding carboxylic acids is 2. The Morgan fingerprint density at radius 3 is 2.33 bits per heavy atom. The Kier molecular flexibility index (Phi) is 7.12. The predicted molar refractivity (Wildman–Crippen MR) is 105 cm³/mol. The molecule has 27 heavy (non-hydrogen) atoms. The molecule has 2 aromatic rings. The van der Waals surface area contributed by atoms with E-state index in [1.54, 1.807) is 24.3 Å². The zero-order valence-electron chi connectivity index (χ0n) is 15.4. The average molecular weight is 389 g/mol. The first-order chi connectivity index (χ1) is 12.8. The molecule has 2 aromatic carbocycles. The van der Waals surface area contributed by atoms with Crippen LogP contribution >= 0.6 is 0 Å². The van der Waals surface area contributed by atoms with E-state index in [0.29, 0.717) is 5.56 Å². The second kappa shape index (κ2) is 9.32. The fraction of sp³-hybridized carbons (Fsp3) is 0.300. The van der Waals surface area contributed by atoms with Crippen LogP contribution in [0.1, 0.15) is 46.0 Å².